The summed E-state index contributed by atoms with van der Waals surface area (Å²) in [6, 6.07) is 16.9. The van der Waals surface area contributed by atoms with Crippen LogP contribution < -0.4 is 0 Å². The highest BCUT2D eigenvalue weighted by Crippen LogP contribution is 2.32. The standard InChI is InChI=1S/C20H22N4OS/c1-14-8-9-17(12-18(14)26-24-10-11-25-13-15(24)2)20-21-19(22-23-20)16-6-4-3-5-7-16/h3-9,12,15H,10-11,13H2,1-2H3,(H,21,22,23). The van der Waals surface area contributed by atoms with Gasteiger partial charge in [0.2, 0.25) is 0 Å². The second kappa shape index (κ2) is 7.61. The van der Waals surface area contributed by atoms with Crippen LogP contribution in [0.4, 0.5) is 0 Å². The molecular formula is C20H22N4OS. The van der Waals surface area contributed by atoms with E-state index in [4.69, 9.17) is 4.74 Å². The molecule has 2 heterocycles. The molecule has 1 aromatic heterocycles. The fraction of sp³-hybridized carbons (Fsp3) is 0.300. The van der Waals surface area contributed by atoms with Crippen molar-refractivity contribution in [3.05, 3.63) is 54.1 Å². The summed E-state index contributed by atoms with van der Waals surface area (Å²) in [7, 11) is 0. The third-order valence-corrected chi connectivity index (χ3v) is 5.91. The number of ether oxygens (including phenoxy) is 1. The number of morpholine rings is 1. The molecule has 6 heteroatoms. The van der Waals surface area contributed by atoms with Crippen LogP contribution in [0.25, 0.3) is 22.8 Å². The predicted molar refractivity (Wildman–Crippen MR) is 105 cm³/mol. The molecule has 134 valence electrons. The Labute approximate surface area is 157 Å². The largest absolute Gasteiger partial charge is 0.378 e. The lowest BCUT2D eigenvalue weighted by molar-refractivity contribution is 0.0440. The Kier molecular flexibility index (Phi) is 5.06. The topological polar surface area (TPSA) is 54.0 Å². The third-order valence-electron chi connectivity index (χ3n) is 4.50. The van der Waals surface area contributed by atoms with Crippen LogP contribution in [-0.4, -0.2) is 45.3 Å². The zero-order valence-corrected chi connectivity index (χ0v) is 15.8. The molecular weight excluding hydrogens is 344 g/mol. The van der Waals surface area contributed by atoms with Crippen LogP contribution in [0.5, 0.6) is 0 Å². The van der Waals surface area contributed by atoms with E-state index in [0.29, 0.717) is 6.04 Å². The lowest BCUT2D eigenvalue weighted by Crippen LogP contribution is -2.38. The maximum atomic E-state index is 5.54. The zero-order valence-electron chi connectivity index (χ0n) is 15.0. The molecule has 3 aromatic rings. The zero-order chi connectivity index (χ0) is 17.9. The van der Waals surface area contributed by atoms with Crippen molar-refractivity contribution >= 4 is 11.9 Å². The van der Waals surface area contributed by atoms with Crippen molar-refractivity contribution in [2.45, 2.75) is 24.8 Å². The van der Waals surface area contributed by atoms with Gasteiger partial charge >= 0.3 is 0 Å². The van der Waals surface area contributed by atoms with E-state index in [9.17, 15) is 0 Å². The number of aromatic nitrogens is 3. The second-order valence-electron chi connectivity index (χ2n) is 6.51. The van der Waals surface area contributed by atoms with Crippen LogP contribution >= 0.6 is 11.9 Å². The number of nitrogens with zero attached hydrogens (tertiary/aromatic N) is 3. The van der Waals surface area contributed by atoms with Gasteiger partial charge in [-0.3, -0.25) is 5.10 Å². The molecule has 1 fully saturated rings. The summed E-state index contributed by atoms with van der Waals surface area (Å²) >= 11 is 1.80. The predicted octanol–water partition coefficient (Wildman–Crippen LogP) is 4.17. The number of hydrogen-bond donors (Lipinski definition) is 1. The van der Waals surface area contributed by atoms with E-state index in [2.05, 4.69) is 51.5 Å². The van der Waals surface area contributed by atoms with Crippen molar-refractivity contribution in [1.29, 1.82) is 0 Å². The first-order valence-corrected chi connectivity index (χ1v) is 9.59. The van der Waals surface area contributed by atoms with Crippen molar-refractivity contribution in [3.8, 4) is 22.8 Å². The molecule has 0 saturated carbocycles. The van der Waals surface area contributed by atoms with E-state index in [-0.39, 0.29) is 0 Å². The molecule has 1 saturated heterocycles. The highest BCUT2D eigenvalue weighted by atomic mass is 32.2. The highest BCUT2D eigenvalue weighted by Gasteiger charge is 2.21. The SMILES string of the molecule is Cc1ccc(-c2n[nH]c(-c3ccccc3)n2)cc1SN1CCOCC1C. The molecule has 26 heavy (non-hydrogen) atoms. The Balaban J connectivity index is 1.59. The van der Waals surface area contributed by atoms with Crippen LogP contribution in [0, 0.1) is 6.92 Å². The van der Waals surface area contributed by atoms with E-state index in [1.807, 2.05) is 30.3 Å². The van der Waals surface area contributed by atoms with Crippen LogP contribution in [0.1, 0.15) is 12.5 Å². The lowest BCUT2D eigenvalue weighted by atomic mass is 10.1. The van der Waals surface area contributed by atoms with Crippen LogP contribution in [0.2, 0.25) is 0 Å². The van der Waals surface area contributed by atoms with Crippen molar-refractivity contribution < 1.29 is 4.74 Å². The molecule has 0 radical (unpaired) electrons. The fourth-order valence-corrected chi connectivity index (χ4v) is 3.98. The van der Waals surface area contributed by atoms with Gasteiger partial charge < -0.3 is 4.74 Å². The minimum absolute atomic E-state index is 0.407. The molecule has 1 aliphatic heterocycles. The Bertz CT molecular complexity index is 881. The van der Waals surface area contributed by atoms with E-state index >= 15 is 0 Å². The maximum Gasteiger partial charge on any atom is 0.181 e. The molecule has 2 aromatic carbocycles. The molecule has 0 aliphatic carbocycles. The van der Waals surface area contributed by atoms with Gasteiger partial charge in [0.1, 0.15) is 0 Å². The number of aryl methyl sites for hydroxylation is 1. The molecule has 4 rings (SSSR count). The van der Waals surface area contributed by atoms with Crippen molar-refractivity contribution in [2.75, 3.05) is 19.8 Å². The third kappa shape index (κ3) is 3.67. The quantitative estimate of drug-likeness (QED) is 0.702. The molecule has 5 nitrogen and oxygen atoms in total. The smallest absolute Gasteiger partial charge is 0.181 e. The molecule has 0 spiro atoms. The minimum Gasteiger partial charge on any atom is -0.378 e. The molecule has 0 bridgehead atoms. The number of H-pyrrole nitrogens is 1. The van der Waals surface area contributed by atoms with Gasteiger partial charge in [0.15, 0.2) is 11.6 Å². The summed E-state index contributed by atoms with van der Waals surface area (Å²) in [5, 5.41) is 7.46. The lowest BCUT2D eigenvalue weighted by Gasteiger charge is -2.32. The summed E-state index contributed by atoms with van der Waals surface area (Å²) in [6.45, 7) is 6.86. The Hall–Kier alpha value is -2.15. The number of benzene rings is 2. The average Bonchev–Trinajstić information content (AvgIpc) is 3.16. The first kappa shape index (κ1) is 17.3. The summed E-state index contributed by atoms with van der Waals surface area (Å²) in [6.07, 6.45) is 0. The minimum atomic E-state index is 0.407. The normalized spacial score (nSPS) is 18.2. The van der Waals surface area contributed by atoms with Crippen LogP contribution in [0.3, 0.4) is 0 Å². The maximum absolute atomic E-state index is 5.54. The molecule has 1 unspecified atom stereocenters. The Morgan fingerprint density at radius 1 is 1.15 bits per heavy atom. The van der Waals surface area contributed by atoms with E-state index in [1.165, 1.54) is 10.5 Å². The number of rotatable bonds is 4. The van der Waals surface area contributed by atoms with Crippen molar-refractivity contribution in [1.82, 2.24) is 19.5 Å². The average molecular weight is 366 g/mol. The molecule has 1 N–H and O–H groups in total. The van der Waals surface area contributed by atoms with E-state index in [0.717, 1.165) is 42.5 Å². The van der Waals surface area contributed by atoms with E-state index in [1.54, 1.807) is 11.9 Å². The number of nitrogens with one attached hydrogen (secondary N) is 1. The van der Waals surface area contributed by atoms with Gasteiger partial charge in [0.25, 0.3) is 0 Å². The highest BCUT2D eigenvalue weighted by molar-refractivity contribution is 7.97. The summed E-state index contributed by atoms with van der Waals surface area (Å²) in [4.78, 5) is 5.91. The molecule has 1 atom stereocenters. The van der Waals surface area contributed by atoms with Gasteiger partial charge in [0.05, 0.1) is 13.2 Å². The Morgan fingerprint density at radius 2 is 2.00 bits per heavy atom. The van der Waals surface area contributed by atoms with Crippen LogP contribution in [0.15, 0.2) is 53.4 Å². The number of aromatic amines is 1. The van der Waals surface area contributed by atoms with Crippen molar-refractivity contribution in [3.63, 3.8) is 0 Å². The number of hydrogen-bond acceptors (Lipinski definition) is 5. The van der Waals surface area contributed by atoms with Gasteiger partial charge in [-0.1, -0.05) is 42.5 Å². The van der Waals surface area contributed by atoms with Gasteiger partial charge in [-0.25, -0.2) is 9.29 Å². The van der Waals surface area contributed by atoms with Crippen molar-refractivity contribution in [2.24, 2.45) is 0 Å². The fourth-order valence-electron chi connectivity index (χ4n) is 2.93. The van der Waals surface area contributed by atoms with Crippen LogP contribution in [-0.2, 0) is 4.74 Å². The van der Waals surface area contributed by atoms with Gasteiger partial charge in [0, 0.05) is 28.6 Å². The first-order chi connectivity index (χ1) is 12.7. The summed E-state index contributed by atoms with van der Waals surface area (Å²) in [5.41, 5.74) is 3.32. The van der Waals surface area contributed by atoms with Gasteiger partial charge in [-0.15, -0.1) is 0 Å². The monoisotopic (exact) mass is 366 g/mol. The molecule has 0 amide bonds. The molecule has 1 aliphatic rings. The second-order valence-corrected chi connectivity index (χ2v) is 7.60. The summed E-state index contributed by atoms with van der Waals surface area (Å²) < 4.78 is 7.93. The Morgan fingerprint density at radius 3 is 2.81 bits per heavy atom. The van der Waals surface area contributed by atoms with Gasteiger partial charge in [-0.05, 0) is 37.4 Å². The summed E-state index contributed by atoms with van der Waals surface area (Å²) in [5.74, 6) is 1.51. The van der Waals surface area contributed by atoms with E-state index < -0.39 is 0 Å². The van der Waals surface area contributed by atoms with Gasteiger partial charge in [-0.2, -0.15) is 5.10 Å². The first-order valence-electron chi connectivity index (χ1n) is 8.82.